The van der Waals surface area contributed by atoms with Crippen LogP contribution in [0.3, 0.4) is 0 Å². The molecule has 0 aliphatic carbocycles. The second-order valence-corrected chi connectivity index (χ2v) is 1.98. The molecule has 2 nitrogen and oxygen atoms in total. The van der Waals surface area contributed by atoms with Crippen molar-refractivity contribution in [3.05, 3.63) is 0 Å². The molecule has 0 aliphatic heterocycles. The van der Waals surface area contributed by atoms with Gasteiger partial charge in [-0.1, -0.05) is 0 Å². The maximum atomic E-state index is 9.75. The first-order valence-corrected chi connectivity index (χ1v) is 3.67. The van der Waals surface area contributed by atoms with Crippen LogP contribution in [0.5, 0.6) is 0 Å². The summed E-state index contributed by atoms with van der Waals surface area (Å²) in [6.07, 6.45) is 0. The molecule has 0 fully saturated rings. The van der Waals surface area contributed by atoms with Gasteiger partial charge in [0.2, 0.25) is 0 Å². The molecule has 0 N–H and O–H groups in total. The molecule has 0 amide bonds. The number of halogens is 16. The number of rotatable bonds is 0. The number of hydrogen-bond acceptors (Lipinski definition) is 1. The van der Waals surface area contributed by atoms with Gasteiger partial charge in [0.05, 0.1) is 0 Å². The summed E-state index contributed by atoms with van der Waals surface area (Å²) in [5.74, 6) is 0. The molecule has 0 rings (SSSR count). The SMILES string of the molecule is F[B-](F)(F)F.F[B-](F)(F)F.F[B-](F)(F)F.F[B-](F)(F)F.N#[O+]. The predicted octanol–water partition coefficient (Wildman–Crippen LogP) is 5.10. The van der Waals surface area contributed by atoms with Crippen LogP contribution in [0, 0.1) is 5.46 Å². The van der Waals surface area contributed by atoms with Gasteiger partial charge in [-0.25, -0.2) is 0 Å². The van der Waals surface area contributed by atoms with Gasteiger partial charge in [0.1, 0.15) is 0 Å². The zero-order chi connectivity index (χ0) is 20.0. The van der Waals surface area contributed by atoms with E-state index in [1.54, 1.807) is 0 Å². The van der Waals surface area contributed by atoms with Crippen molar-refractivity contribution in [1.82, 2.24) is 0 Å². The fraction of sp³-hybridized carbons (Fsp3) is 0. The van der Waals surface area contributed by atoms with Crippen LogP contribution in [-0.2, 0) is 4.77 Å². The van der Waals surface area contributed by atoms with Crippen LogP contribution in [0.2, 0.25) is 0 Å². The van der Waals surface area contributed by atoms with Gasteiger partial charge in [0, 0.05) is 0 Å². The molecular formula is B4F16NO-3. The van der Waals surface area contributed by atoms with E-state index in [-0.39, 0.29) is 0 Å². The Balaban J connectivity index is -0.0000000562. The Hall–Kier alpha value is -1.19. The fourth-order valence-electron chi connectivity index (χ4n) is 0. The molecule has 0 heterocycles. The third-order valence-corrected chi connectivity index (χ3v) is 0. The van der Waals surface area contributed by atoms with E-state index in [4.69, 9.17) is 10.2 Å². The van der Waals surface area contributed by atoms with Gasteiger partial charge in [0.15, 0.2) is 0 Å². The van der Waals surface area contributed by atoms with Crippen molar-refractivity contribution < 1.29 is 73.8 Å². The van der Waals surface area contributed by atoms with E-state index in [1.807, 2.05) is 0 Å². The molecular weight excluding hydrogens is 377 g/mol. The first kappa shape index (κ1) is 32.7. The summed E-state index contributed by atoms with van der Waals surface area (Å²) in [4.78, 5) is 0. The van der Waals surface area contributed by atoms with E-state index in [1.165, 1.54) is 0 Å². The summed E-state index contributed by atoms with van der Waals surface area (Å²) in [5, 5.41) is 0. The topological polar surface area (TPSA) is 43.7 Å². The molecule has 22 heavy (non-hydrogen) atoms. The molecule has 0 spiro atoms. The van der Waals surface area contributed by atoms with Crippen LogP contribution in [0.25, 0.3) is 0 Å². The third kappa shape index (κ3) is 4210. The van der Waals surface area contributed by atoms with Crippen molar-refractivity contribution in [1.29, 1.82) is 5.46 Å². The van der Waals surface area contributed by atoms with Gasteiger partial charge in [0.25, 0.3) is 0 Å². The van der Waals surface area contributed by atoms with Gasteiger partial charge < -0.3 is 69.1 Å². The predicted molar refractivity (Wildman–Crippen MR) is 43.2 cm³/mol. The van der Waals surface area contributed by atoms with Gasteiger partial charge in [-0.3, -0.25) is 0 Å². The molecule has 0 radical (unpaired) electrons. The van der Waals surface area contributed by atoms with Crippen LogP contribution < -0.4 is 0 Å². The van der Waals surface area contributed by atoms with Crippen molar-refractivity contribution in [3.63, 3.8) is 0 Å². The Morgan fingerprint density at radius 3 is 0.318 bits per heavy atom. The first-order valence-electron chi connectivity index (χ1n) is 3.67. The molecule has 0 unspecified atom stereocenters. The van der Waals surface area contributed by atoms with Crippen molar-refractivity contribution in [2.75, 3.05) is 0 Å². The Bertz CT molecular complexity index is 168. The summed E-state index contributed by atoms with van der Waals surface area (Å²) < 4.78 is 163. The van der Waals surface area contributed by atoms with Crippen LogP contribution in [-0.4, -0.2) is 29.0 Å². The van der Waals surface area contributed by atoms with Gasteiger partial charge in [-0.15, -0.1) is 0 Å². The van der Waals surface area contributed by atoms with E-state index >= 15 is 0 Å². The average Bonchev–Trinajstić information content (AvgIpc) is 1.92. The van der Waals surface area contributed by atoms with E-state index < -0.39 is 29.0 Å². The molecule has 22 heteroatoms. The summed E-state index contributed by atoms with van der Waals surface area (Å²) in [7, 11) is -24.0. The molecule has 0 aromatic rings. The zero-order valence-corrected chi connectivity index (χ0v) is 9.21. The summed E-state index contributed by atoms with van der Waals surface area (Å²) >= 11 is 0. The Kier molecular flexibility index (Phi) is 20.0. The second kappa shape index (κ2) is 13.5. The van der Waals surface area contributed by atoms with E-state index in [9.17, 15) is 69.1 Å². The summed E-state index contributed by atoms with van der Waals surface area (Å²) in [5.41, 5.74) is 5.75. The standard InChI is InChI=1S/4BF4.NO/c4*2-1(3,4)5;1-2/q4*-1;+1. The Labute approximate surface area is 110 Å². The van der Waals surface area contributed by atoms with Crippen LogP contribution in [0.1, 0.15) is 0 Å². The minimum atomic E-state index is -6.00. The Morgan fingerprint density at radius 2 is 0.318 bits per heavy atom. The van der Waals surface area contributed by atoms with Crippen molar-refractivity contribution >= 4 is 29.0 Å². The molecule has 0 aliphatic rings. The normalized spacial score (nSPS) is 11.0. The average molecular weight is 377 g/mol. The molecule has 0 bridgehead atoms. The van der Waals surface area contributed by atoms with Crippen molar-refractivity contribution in [3.8, 4) is 0 Å². The Morgan fingerprint density at radius 1 is 0.318 bits per heavy atom. The zero-order valence-electron chi connectivity index (χ0n) is 9.21. The molecule has 0 aromatic carbocycles. The van der Waals surface area contributed by atoms with E-state index in [0.29, 0.717) is 0 Å². The van der Waals surface area contributed by atoms with E-state index in [0.717, 1.165) is 0 Å². The molecule has 138 valence electrons. The monoisotopic (exact) mass is 378 g/mol. The van der Waals surface area contributed by atoms with Crippen molar-refractivity contribution in [2.24, 2.45) is 0 Å². The summed E-state index contributed by atoms with van der Waals surface area (Å²) in [6.45, 7) is 0. The summed E-state index contributed by atoms with van der Waals surface area (Å²) in [6, 6.07) is 0. The fourth-order valence-corrected chi connectivity index (χ4v) is 0. The number of hydrogen-bond donors (Lipinski definition) is 0. The van der Waals surface area contributed by atoms with E-state index in [2.05, 4.69) is 0 Å². The molecule has 0 saturated heterocycles. The van der Waals surface area contributed by atoms with Gasteiger partial charge in [-0.05, 0) is 0 Å². The van der Waals surface area contributed by atoms with Gasteiger partial charge >= 0.3 is 39.3 Å². The number of nitrogens with zero attached hydrogens (tertiary/aromatic N) is 1. The first-order chi connectivity index (χ1) is 9.00. The van der Waals surface area contributed by atoms with Crippen molar-refractivity contribution in [2.45, 2.75) is 0 Å². The van der Waals surface area contributed by atoms with Crippen LogP contribution in [0.15, 0.2) is 0 Å². The second-order valence-electron chi connectivity index (χ2n) is 1.98. The minimum absolute atomic E-state index is 5.75. The van der Waals surface area contributed by atoms with Crippen LogP contribution >= 0.6 is 0 Å². The molecule has 0 atom stereocenters. The third-order valence-electron chi connectivity index (χ3n) is 0. The van der Waals surface area contributed by atoms with Crippen LogP contribution in [0.4, 0.5) is 69.1 Å². The molecule has 0 aromatic heterocycles. The molecule has 0 saturated carbocycles. The quantitative estimate of drug-likeness (QED) is 0.329. The van der Waals surface area contributed by atoms with Gasteiger partial charge in [-0.2, -0.15) is 0 Å². The maximum absolute atomic E-state index is 9.75.